The fourth-order valence-electron chi connectivity index (χ4n) is 2.07. The number of hydrogen-bond donors (Lipinski definition) is 1. The van der Waals surface area contributed by atoms with Crippen LogP contribution in [0.5, 0.6) is 0 Å². The van der Waals surface area contributed by atoms with Crippen LogP contribution in [0.4, 0.5) is 0 Å². The number of rotatable bonds is 5. The van der Waals surface area contributed by atoms with Crippen LogP contribution in [0.25, 0.3) is 0 Å². The van der Waals surface area contributed by atoms with Crippen molar-refractivity contribution in [3.63, 3.8) is 0 Å². The number of hydrogen-bond acceptors (Lipinski definition) is 2. The predicted octanol–water partition coefficient (Wildman–Crippen LogP) is 4.12. The van der Waals surface area contributed by atoms with E-state index in [0.29, 0.717) is 0 Å². The molecule has 0 aliphatic heterocycles. The average Bonchev–Trinajstić information content (AvgIpc) is 2.76. The van der Waals surface area contributed by atoms with Crippen LogP contribution >= 0.6 is 11.3 Å². The summed E-state index contributed by atoms with van der Waals surface area (Å²) in [7, 11) is 0. The summed E-state index contributed by atoms with van der Waals surface area (Å²) in [6, 6.07) is 12.9. The molecule has 1 aromatic carbocycles. The molecule has 2 heteroatoms. The van der Waals surface area contributed by atoms with Gasteiger partial charge in [0.2, 0.25) is 0 Å². The van der Waals surface area contributed by atoms with E-state index in [2.05, 4.69) is 67.9 Å². The zero-order chi connectivity index (χ0) is 13.0. The first kappa shape index (κ1) is 13.3. The molecule has 0 radical (unpaired) electrons. The second kappa shape index (κ2) is 5.68. The maximum atomic E-state index is 3.58. The highest BCUT2D eigenvalue weighted by Gasteiger charge is 2.19. The summed E-state index contributed by atoms with van der Waals surface area (Å²) in [5.74, 6) is 0. The number of thiophene rings is 1. The third-order valence-electron chi connectivity index (χ3n) is 3.38. The van der Waals surface area contributed by atoms with Crippen LogP contribution in [0.2, 0.25) is 0 Å². The molecule has 18 heavy (non-hydrogen) atoms. The third kappa shape index (κ3) is 3.21. The number of benzene rings is 1. The highest BCUT2D eigenvalue weighted by Crippen LogP contribution is 2.22. The Bertz CT molecular complexity index is 485. The van der Waals surface area contributed by atoms with E-state index in [4.69, 9.17) is 0 Å². The molecule has 0 aliphatic rings. The van der Waals surface area contributed by atoms with E-state index < -0.39 is 0 Å². The summed E-state index contributed by atoms with van der Waals surface area (Å²) in [4.78, 5) is 1.44. The lowest BCUT2D eigenvalue weighted by Crippen LogP contribution is -2.32. The quantitative estimate of drug-likeness (QED) is 0.851. The van der Waals surface area contributed by atoms with Crippen LogP contribution < -0.4 is 5.32 Å². The summed E-state index contributed by atoms with van der Waals surface area (Å²) < 4.78 is 0. The molecule has 0 aliphatic carbocycles. The smallest absolute Gasteiger partial charge is 0.0302 e. The van der Waals surface area contributed by atoms with E-state index in [1.165, 1.54) is 16.0 Å². The molecule has 0 fully saturated rings. The van der Waals surface area contributed by atoms with Gasteiger partial charge in [0.15, 0.2) is 0 Å². The van der Waals surface area contributed by atoms with Crippen molar-refractivity contribution < 1.29 is 0 Å². The fourth-order valence-corrected chi connectivity index (χ4v) is 2.94. The molecule has 1 N–H and O–H groups in total. The van der Waals surface area contributed by atoms with E-state index in [0.717, 1.165) is 13.1 Å². The van der Waals surface area contributed by atoms with Crippen molar-refractivity contribution in [1.82, 2.24) is 5.32 Å². The molecular weight excluding hydrogens is 238 g/mol. The van der Waals surface area contributed by atoms with Crippen molar-refractivity contribution in [2.45, 2.75) is 32.7 Å². The van der Waals surface area contributed by atoms with Crippen LogP contribution in [-0.2, 0) is 12.0 Å². The first-order chi connectivity index (χ1) is 8.59. The molecule has 0 atom stereocenters. The van der Waals surface area contributed by atoms with E-state index in [9.17, 15) is 0 Å². The van der Waals surface area contributed by atoms with Gasteiger partial charge in [0.05, 0.1) is 0 Å². The second-order valence-corrected chi connectivity index (χ2v) is 6.38. The van der Waals surface area contributed by atoms with Crippen molar-refractivity contribution in [2.24, 2.45) is 0 Å². The Morgan fingerprint density at radius 3 is 2.44 bits per heavy atom. The Balaban J connectivity index is 1.92. The normalized spacial score (nSPS) is 11.7. The van der Waals surface area contributed by atoms with Crippen molar-refractivity contribution in [3.05, 3.63) is 57.8 Å². The molecule has 0 amide bonds. The van der Waals surface area contributed by atoms with Gasteiger partial charge in [0, 0.05) is 23.4 Å². The second-order valence-electron chi connectivity index (χ2n) is 5.38. The summed E-state index contributed by atoms with van der Waals surface area (Å²) >= 11 is 1.83. The van der Waals surface area contributed by atoms with Gasteiger partial charge in [0.25, 0.3) is 0 Å². The van der Waals surface area contributed by atoms with Gasteiger partial charge < -0.3 is 5.32 Å². The Hall–Kier alpha value is -1.12. The molecule has 0 bridgehead atoms. The first-order valence-corrected chi connectivity index (χ1v) is 7.27. The van der Waals surface area contributed by atoms with E-state index >= 15 is 0 Å². The highest BCUT2D eigenvalue weighted by atomic mass is 32.1. The van der Waals surface area contributed by atoms with Crippen LogP contribution in [0.15, 0.2) is 41.8 Å². The topological polar surface area (TPSA) is 12.0 Å². The lowest BCUT2D eigenvalue weighted by atomic mass is 9.84. The monoisotopic (exact) mass is 259 g/mol. The first-order valence-electron chi connectivity index (χ1n) is 6.39. The van der Waals surface area contributed by atoms with Gasteiger partial charge in [-0.15, -0.1) is 11.3 Å². The molecule has 2 aromatic rings. The van der Waals surface area contributed by atoms with Crippen LogP contribution in [0.1, 0.15) is 29.9 Å². The molecule has 0 saturated carbocycles. The summed E-state index contributed by atoms with van der Waals surface area (Å²) in [6.07, 6.45) is 0. The lowest BCUT2D eigenvalue weighted by molar-refractivity contribution is 0.470. The maximum absolute atomic E-state index is 3.58. The lowest BCUT2D eigenvalue weighted by Gasteiger charge is -2.25. The Labute approximate surface area is 114 Å². The standard InChI is InChI=1S/C16H21NS/c1-13-9-10-18-15(13)11-17-12-16(2,3)14-7-5-4-6-8-14/h4-10,17H,11-12H2,1-3H3. The summed E-state index contributed by atoms with van der Waals surface area (Å²) in [6.45, 7) is 8.72. The molecule has 1 heterocycles. The van der Waals surface area contributed by atoms with Crippen molar-refractivity contribution in [2.75, 3.05) is 6.54 Å². The Morgan fingerprint density at radius 1 is 1.11 bits per heavy atom. The van der Waals surface area contributed by atoms with E-state index in [1.54, 1.807) is 0 Å². The fraction of sp³-hybridized carbons (Fsp3) is 0.375. The average molecular weight is 259 g/mol. The molecule has 96 valence electrons. The molecule has 0 unspecified atom stereocenters. The zero-order valence-electron chi connectivity index (χ0n) is 11.4. The van der Waals surface area contributed by atoms with Gasteiger partial charge in [-0.2, -0.15) is 0 Å². The Kier molecular flexibility index (Phi) is 4.20. The van der Waals surface area contributed by atoms with Gasteiger partial charge in [-0.1, -0.05) is 44.2 Å². The van der Waals surface area contributed by atoms with Crippen LogP contribution in [-0.4, -0.2) is 6.54 Å². The van der Waals surface area contributed by atoms with Gasteiger partial charge in [0.1, 0.15) is 0 Å². The SMILES string of the molecule is Cc1ccsc1CNCC(C)(C)c1ccccc1. The molecule has 0 spiro atoms. The van der Waals surface area contributed by atoms with Crippen LogP contribution in [0.3, 0.4) is 0 Å². The maximum Gasteiger partial charge on any atom is 0.0302 e. The largest absolute Gasteiger partial charge is 0.311 e. The van der Waals surface area contributed by atoms with Gasteiger partial charge in [-0.05, 0) is 29.5 Å². The molecule has 0 saturated heterocycles. The van der Waals surface area contributed by atoms with E-state index in [1.807, 2.05) is 11.3 Å². The Morgan fingerprint density at radius 2 is 1.83 bits per heavy atom. The van der Waals surface area contributed by atoms with Crippen LogP contribution in [0, 0.1) is 6.92 Å². The number of nitrogens with one attached hydrogen (secondary N) is 1. The number of aryl methyl sites for hydroxylation is 1. The predicted molar refractivity (Wildman–Crippen MR) is 80.2 cm³/mol. The minimum atomic E-state index is 0.173. The van der Waals surface area contributed by atoms with Gasteiger partial charge >= 0.3 is 0 Å². The van der Waals surface area contributed by atoms with Gasteiger partial charge in [-0.3, -0.25) is 0 Å². The van der Waals surface area contributed by atoms with Crippen molar-refractivity contribution in [3.8, 4) is 0 Å². The van der Waals surface area contributed by atoms with Crippen molar-refractivity contribution in [1.29, 1.82) is 0 Å². The molecular formula is C16H21NS. The minimum Gasteiger partial charge on any atom is -0.311 e. The molecule has 1 aromatic heterocycles. The minimum absolute atomic E-state index is 0.173. The van der Waals surface area contributed by atoms with E-state index in [-0.39, 0.29) is 5.41 Å². The van der Waals surface area contributed by atoms with Gasteiger partial charge in [-0.25, -0.2) is 0 Å². The molecule has 2 rings (SSSR count). The van der Waals surface area contributed by atoms with Crippen molar-refractivity contribution >= 4 is 11.3 Å². The molecule has 1 nitrogen and oxygen atoms in total. The summed E-state index contributed by atoms with van der Waals surface area (Å²) in [5, 5.41) is 5.74. The summed E-state index contributed by atoms with van der Waals surface area (Å²) in [5.41, 5.74) is 2.96. The highest BCUT2D eigenvalue weighted by molar-refractivity contribution is 7.10. The third-order valence-corrected chi connectivity index (χ3v) is 4.40. The zero-order valence-corrected chi connectivity index (χ0v) is 12.2.